The van der Waals surface area contributed by atoms with Gasteiger partial charge in [0.2, 0.25) is 5.91 Å². The first kappa shape index (κ1) is 67.1. The lowest BCUT2D eigenvalue weighted by Gasteiger charge is -2.20. The van der Waals surface area contributed by atoms with Gasteiger partial charge in [-0.15, -0.1) is 0 Å². The molecule has 0 aliphatic heterocycles. The number of unbranched alkanes of at least 4 members (excludes halogenated alkanes) is 42. The summed E-state index contributed by atoms with van der Waals surface area (Å²) < 4.78 is 5.46. The fourth-order valence-corrected chi connectivity index (χ4v) is 9.38. The Morgan fingerprint density at radius 3 is 1.07 bits per heavy atom. The van der Waals surface area contributed by atoms with Crippen LogP contribution in [0, 0.1) is 0 Å². The molecule has 2 atom stereocenters. The monoisotopic (exact) mass is 970 g/mol. The normalized spacial score (nSPS) is 12.8. The van der Waals surface area contributed by atoms with Gasteiger partial charge in [-0.2, -0.15) is 0 Å². The molecule has 3 N–H and O–H groups in total. The molecule has 0 saturated carbocycles. The molecule has 6 nitrogen and oxygen atoms in total. The minimum absolute atomic E-state index is 0.00539. The Kier molecular flexibility index (Phi) is 57.0. The van der Waals surface area contributed by atoms with Crippen LogP contribution in [0.2, 0.25) is 0 Å². The molecule has 0 spiro atoms. The summed E-state index contributed by atoms with van der Waals surface area (Å²) in [6.45, 7) is 4.86. The first-order chi connectivity index (χ1) is 34.0. The quantitative estimate of drug-likeness (QED) is 0.0321. The maximum absolute atomic E-state index is 12.4. The fourth-order valence-electron chi connectivity index (χ4n) is 9.38. The average Bonchev–Trinajstić information content (AvgIpc) is 3.35. The summed E-state index contributed by atoms with van der Waals surface area (Å²) in [5, 5.41) is 23.0. The number of carbonyl (C=O) groups is 2. The van der Waals surface area contributed by atoms with E-state index < -0.39 is 12.1 Å². The van der Waals surface area contributed by atoms with E-state index in [1.165, 1.54) is 257 Å². The molecule has 0 bridgehead atoms. The number of nitrogens with one attached hydrogen (secondary N) is 1. The van der Waals surface area contributed by atoms with Crippen molar-refractivity contribution in [3.8, 4) is 0 Å². The van der Waals surface area contributed by atoms with Crippen molar-refractivity contribution in [3.63, 3.8) is 0 Å². The van der Waals surface area contributed by atoms with Crippen LogP contribution in [0.5, 0.6) is 0 Å². The van der Waals surface area contributed by atoms with Crippen LogP contribution in [0.3, 0.4) is 0 Å². The van der Waals surface area contributed by atoms with E-state index in [9.17, 15) is 19.8 Å². The summed E-state index contributed by atoms with van der Waals surface area (Å²) in [4.78, 5) is 24.4. The zero-order chi connectivity index (χ0) is 50.0. The largest absolute Gasteiger partial charge is 0.466 e. The van der Waals surface area contributed by atoms with Gasteiger partial charge in [0.25, 0.3) is 0 Å². The van der Waals surface area contributed by atoms with Gasteiger partial charge >= 0.3 is 5.97 Å². The van der Waals surface area contributed by atoms with Gasteiger partial charge in [-0.3, -0.25) is 9.59 Å². The lowest BCUT2D eigenvalue weighted by molar-refractivity contribution is -0.143. The van der Waals surface area contributed by atoms with Crippen LogP contribution in [-0.4, -0.2) is 47.4 Å². The summed E-state index contributed by atoms with van der Waals surface area (Å²) in [6, 6.07) is -0.625. The molecule has 0 rings (SSSR count). The number of ether oxygens (including phenoxy) is 1. The Bertz CT molecular complexity index is 1120. The van der Waals surface area contributed by atoms with Crippen molar-refractivity contribution in [1.29, 1.82) is 0 Å². The molecular weight excluding hydrogens is 851 g/mol. The molecule has 0 aromatic rings. The number of rotatable bonds is 57. The van der Waals surface area contributed by atoms with Crippen molar-refractivity contribution in [3.05, 3.63) is 36.5 Å². The van der Waals surface area contributed by atoms with Crippen LogP contribution in [0.15, 0.2) is 36.5 Å². The zero-order valence-corrected chi connectivity index (χ0v) is 46.3. The molecule has 0 aromatic heterocycles. The highest BCUT2D eigenvalue weighted by Gasteiger charge is 2.18. The van der Waals surface area contributed by atoms with E-state index in [1.807, 2.05) is 6.08 Å². The molecule has 406 valence electrons. The predicted molar refractivity (Wildman–Crippen MR) is 301 cm³/mol. The Hall–Kier alpha value is -1.92. The van der Waals surface area contributed by atoms with Crippen LogP contribution in [0.25, 0.3) is 0 Å². The van der Waals surface area contributed by atoms with Crippen molar-refractivity contribution >= 4 is 11.9 Å². The number of allylic oxidation sites excluding steroid dienone is 5. The number of amides is 1. The van der Waals surface area contributed by atoms with Gasteiger partial charge in [0.1, 0.15) is 0 Å². The smallest absolute Gasteiger partial charge is 0.305 e. The van der Waals surface area contributed by atoms with Gasteiger partial charge in [0, 0.05) is 12.8 Å². The van der Waals surface area contributed by atoms with Gasteiger partial charge in [0.15, 0.2) is 0 Å². The number of esters is 1. The molecular formula is C63H119NO5. The zero-order valence-electron chi connectivity index (χ0n) is 46.3. The first-order valence-electron chi connectivity index (χ1n) is 30.8. The van der Waals surface area contributed by atoms with E-state index in [4.69, 9.17) is 4.74 Å². The van der Waals surface area contributed by atoms with Crippen LogP contribution in [0.1, 0.15) is 328 Å². The Labute approximate surface area is 430 Å². The topological polar surface area (TPSA) is 95.9 Å². The predicted octanol–water partition coefficient (Wildman–Crippen LogP) is 19.2. The molecule has 0 radical (unpaired) electrons. The second kappa shape index (κ2) is 58.6. The minimum atomic E-state index is -0.842. The second-order valence-electron chi connectivity index (χ2n) is 21.0. The molecule has 69 heavy (non-hydrogen) atoms. The third kappa shape index (κ3) is 55.2. The third-order valence-electron chi connectivity index (χ3n) is 14.1. The minimum Gasteiger partial charge on any atom is -0.466 e. The van der Waals surface area contributed by atoms with Crippen LogP contribution in [-0.2, 0) is 14.3 Å². The van der Waals surface area contributed by atoms with E-state index in [0.29, 0.717) is 19.4 Å². The standard InChI is InChI=1S/C63H119NO5/c1-3-5-7-9-11-13-35-39-43-47-51-55-61(66)60(59-65)64-62(67)56-52-48-44-40-37-33-31-29-27-25-23-21-19-17-15-16-18-20-22-24-26-28-30-32-34-38-42-46-50-54-58-69-63(68)57-53-49-45-41-36-14-12-10-8-6-4-2/h10,12,16,18,51,55,60-61,65-66H,3-9,11,13-15,17,19-50,52-54,56-59H2,1-2H3,(H,64,67)/b12-10-,18-16-,55-51+. The maximum atomic E-state index is 12.4. The Morgan fingerprint density at radius 2 is 0.696 bits per heavy atom. The van der Waals surface area contributed by atoms with Crippen LogP contribution >= 0.6 is 0 Å². The molecule has 6 heteroatoms. The SMILES string of the molecule is CCCC/C=C\CCCCCCCC(=O)OCCCCCCCCCCCCCC/C=C\CCCCCCCCCCCCCCCCC(=O)NC(CO)C(O)/C=C/CCCCCCCCCCC. The highest BCUT2D eigenvalue weighted by atomic mass is 16.5. The third-order valence-corrected chi connectivity index (χ3v) is 14.1. The van der Waals surface area contributed by atoms with Gasteiger partial charge < -0.3 is 20.3 Å². The average molecular weight is 971 g/mol. The van der Waals surface area contributed by atoms with E-state index in [-0.39, 0.29) is 18.5 Å². The Morgan fingerprint density at radius 1 is 0.391 bits per heavy atom. The highest BCUT2D eigenvalue weighted by molar-refractivity contribution is 5.76. The summed E-state index contributed by atoms with van der Waals surface area (Å²) in [6.07, 6.45) is 73.4. The van der Waals surface area contributed by atoms with Crippen LogP contribution in [0.4, 0.5) is 0 Å². The maximum Gasteiger partial charge on any atom is 0.305 e. The molecule has 0 heterocycles. The van der Waals surface area contributed by atoms with E-state index >= 15 is 0 Å². The second-order valence-corrected chi connectivity index (χ2v) is 21.0. The lowest BCUT2D eigenvalue weighted by Crippen LogP contribution is -2.45. The van der Waals surface area contributed by atoms with Gasteiger partial charge in [-0.05, 0) is 77.0 Å². The van der Waals surface area contributed by atoms with Gasteiger partial charge in [-0.25, -0.2) is 0 Å². The lowest BCUT2D eigenvalue weighted by atomic mass is 10.0. The number of hydrogen-bond donors (Lipinski definition) is 3. The van der Waals surface area contributed by atoms with Crippen molar-refractivity contribution in [2.24, 2.45) is 0 Å². The number of aliphatic hydroxyl groups is 2. The van der Waals surface area contributed by atoms with Crippen molar-refractivity contribution < 1.29 is 24.5 Å². The molecule has 1 amide bonds. The first-order valence-corrected chi connectivity index (χ1v) is 30.8. The Balaban J connectivity index is 3.37. The number of carbonyl (C=O) groups excluding carboxylic acids is 2. The number of aliphatic hydroxyl groups excluding tert-OH is 2. The number of hydrogen-bond acceptors (Lipinski definition) is 5. The van der Waals surface area contributed by atoms with E-state index in [2.05, 4.69) is 43.5 Å². The molecule has 0 aliphatic rings. The molecule has 0 saturated heterocycles. The summed E-state index contributed by atoms with van der Waals surface area (Å²) in [5.74, 6) is -0.0618. The summed E-state index contributed by atoms with van der Waals surface area (Å²) in [5.41, 5.74) is 0. The molecule has 2 unspecified atom stereocenters. The van der Waals surface area contributed by atoms with Gasteiger partial charge in [-0.1, -0.05) is 275 Å². The summed E-state index contributed by atoms with van der Waals surface area (Å²) in [7, 11) is 0. The van der Waals surface area contributed by atoms with Gasteiger partial charge in [0.05, 0.1) is 25.4 Å². The molecule has 0 aromatic carbocycles. The van der Waals surface area contributed by atoms with Crippen molar-refractivity contribution in [1.82, 2.24) is 5.32 Å². The van der Waals surface area contributed by atoms with E-state index in [0.717, 1.165) is 44.9 Å². The highest BCUT2D eigenvalue weighted by Crippen LogP contribution is 2.17. The van der Waals surface area contributed by atoms with Crippen molar-refractivity contribution in [2.75, 3.05) is 13.2 Å². The molecule has 0 aliphatic carbocycles. The summed E-state index contributed by atoms with van der Waals surface area (Å²) >= 11 is 0. The molecule has 0 fully saturated rings. The van der Waals surface area contributed by atoms with Crippen LogP contribution < -0.4 is 5.32 Å². The van der Waals surface area contributed by atoms with Crippen molar-refractivity contribution in [2.45, 2.75) is 341 Å². The fraction of sp³-hybridized carbons (Fsp3) is 0.873. The van der Waals surface area contributed by atoms with E-state index in [1.54, 1.807) is 6.08 Å².